The third-order valence-electron chi connectivity index (χ3n) is 4.21. The molecule has 0 spiro atoms. The molecule has 2 aromatic carbocycles. The Balaban J connectivity index is 1.84. The fourth-order valence-electron chi connectivity index (χ4n) is 2.98. The van der Waals surface area contributed by atoms with Gasteiger partial charge in [0.25, 0.3) is 5.91 Å². The number of hydrogen-bond donors (Lipinski definition) is 1. The molecule has 4 rings (SSSR count). The highest BCUT2D eigenvalue weighted by atomic mass is 35.5. The summed E-state index contributed by atoms with van der Waals surface area (Å²) in [5, 5.41) is 3.60. The van der Waals surface area contributed by atoms with E-state index in [4.69, 9.17) is 16.0 Å². The van der Waals surface area contributed by atoms with Crippen molar-refractivity contribution in [2.45, 2.75) is 0 Å². The smallest absolute Gasteiger partial charge is 0.345 e. The van der Waals surface area contributed by atoms with Crippen molar-refractivity contribution in [3.63, 3.8) is 0 Å². The van der Waals surface area contributed by atoms with Gasteiger partial charge >= 0.3 is 5.63 Å². The highest BCUT2D eigenvalue weighted by Gasteiger charge is 2.19. The van der Waals surface area contributed by atoms with Gasteiger partial charge in [-0.05, 0) is 36.4 Å². The summed E-state index contributed by atoms with van der Waals surface area (Å²) in [6.07, 6.45) is 0. The van der Waals surface area contributed by atoms with E-state index in [0.29, 0.717) is 22.2 Å². The summed E-state index contributed by atoms with van der Waals surface area (Å²) in [6, 6.07) is 12.5. The van der Waals surface area contributed by atoms with E-state index in [1.54, 1.807) is 23.7 Å². The summed E-state index contributed by atoms with van der Waals surface area (Å²) in [5.41, 5.74) is 1.16. The van der Waals surface area contributed by atoms with E-state index in [9.17, 15) is 14.0 Å². The van der Waals surface area contributed by atoms with E-state index in [1.165, 1.54) is 24.3 Å². The van der Waals surface area contributed by atoms with Gasteiger partial charge in [0.15, 0.2) is 0 Å². The van der Waals surface area contributed by atoms with Gasteiger partial charge in [-0.3, -0.25) is 4.79 Å². The molecule has 1 amide bonds. The number of rotatable bonds is 2. The van der Waals surface area contributed by atoms with Crippen molar-refractivity contribution >= 4 is 45.1 Å². The minimum Gasteiger partial charge on any atom is -0.422 e. The maximum atomic E-state index is 13.3. The lowest BCUT2D eigenvalue weighted by molar-refractivity contribution is 0.102. The van der Waals surface area contributed by atoms with Crippen molar-refractivity contribution in [3.05, 3.63) is 75.5 Å². The lowest BCUT2D eigenvalue weighted by Crippen LogP contribution is -2.15. The molecule has 5 nitrogen and oxygen atoms in total. The second-order valence-electron chi connectivity index (χ2n) is 5.82. The number of amides is 1. The summed E-state index contributed by atoms with van der Waals surface area (Å²) >= 11 is 5.74. The van der Waals surface area contributed by atoms with Gasteiger partial charge in [0.2, 0.25) is 0 Å². The average molecular weight is 371 g/mol. The van der Waals surface area contributed by atoms with Crippen LogP contribution in [0, 0.1) is 5.82 Å². The molecule has 1 N–H and O–H groups in total. The molecule has 0 unspecified atom stereocenters. The fraction of sp³-hybridized carbons (Fsp3) is 0.0526. The topological polar surface area (TPSA) is 64.2 Å². The number of nitrogens with zero attached hydrogens (tertiary/aromatic N) is 1. The third kappa shape index (κ3) is 2.55. The SMILES string of the molecule is Cn1c(C(=O)Nc2ccc(F)c(Cl)c2)cc2c(=O)oc3ccccc3c21. The standard InChI is InChI=1S/C19H12ClFN2O3/c1-23-15(18(24)22-10-6-7-14(21)13(20)8-10)9-12-17(23)11-4-2-3-5-16(11)26-19(12)25/h2-9H,1H3,(H,22,24). The number of nitrogens with one attached hydrogen (secondary N) is 1. The van der Waals surface area contributed by atoms with Gasteiger partial charge in [0.05, 0.1) is 15.9 Å². The maximum Gasteiger partial charge on any atom is 0.345 e. The molecule has 26 heavy (non-hydrogen) atoms. The molecular formula is C19H12ClFN2O3. The zero-order valence-electron chi connectivity index (χ0n) is 13.5. The number of hydrogen-bond acceptors (Lipinski definition) is 3. The predicted molar refractivity (Wildman–Crippen MR) is 98.3 cm³/mol. The van der Waals surface area contributed by atoms with Crippen LogP contribution in [0.15, 0.2) is 57.7 Å². The molecule has 0 radical (unpaired) electrons. The Hall–Kier alpha value is -3.12. The van der Waals surface area contributed by atoms with Crippen molar-refractivity contribution in [2.24, 2.45) is 7.05 Å². The van der Waals surface area contributed by atoms with Crippen LogP contribution in [-0.4, -0.2) is 10.5 Å². The largest absolute Gasteiger partial charge is 0.422 e. The number of anilines is 1. The Labute approximate surface area is 151 Å². The van der Waals surface area contributed by atoms with Crippen LogP contribution < -0.4 is 10.9 Å². The highest BCUT2D eigenvalue weighted by molar-refractivity contribution is 6.31. The quantitative estimate of drug-likeness (QED) is 0.534. The minimum atomic E-state index is -0.571. The third-order valence-corrected chi connectivity index (χ3v) is 4.50. The number of carbonyl (C=O) groups excluding carboxylic acids is 1. The number of para-hydroxylation sites is 1. The number of fused-ring (bicyclic) bond motifs is 3. The molecule has 7 heteroatoms. The van der Waals surface area contributed by atoms with Crippen LogP contribution in [0.25, 0.3) is 21.9 Å². The molecule has 0 bridgehead atoms. The van der Waals surface area contributed by atoms with Crippen LogP contribution >= 0.6 is 11.6 Å². The molecular weight excluding hydrogens is 359 g/mol. The first-order valence-electron chi connectivity index (χ1n) is 7.73. The molecule has 0 atom stereocenters. The van der Waals surface area contributed by atoms with Crippen molar-refractivity contribution in [2.75, 3.05) is 5.32 Å². The van der Waals surface area contributed by atoms with Gasteiger partial charge in [0, 0.05) is 18.1 Å². The van der Waals surface area contributed by atoms with Gasteiger partial charge in [0.1, 0.15) is 17.1 Å². The Morgan fingerprint density at radius 1 is 1.15 bits per heavy atom. The number of aromatic nitrogens is 1. The molecule has 0 fully saturated rings. The molecule has 130 valence electrons. The summed E-state index contributed by atoms with van der Waals surface area (Å²) in [6.45, 7) is 0. The second-order valence-corrected chi connectivity index (χ2v) is 6.23. The lowest BCUT2D eigenvalue weighted by atomic mass is 10.2. The number of benzene rings is 2. The predicted octanol–water partition coefficient (Wildman–Crippen LogP) is 4.33. The zero-order valence-corrected chi connectivity index (χ0v) is 14.3. The summed E-state index contributed by atoms with van der Waals surface area (Å²) in [5.74, 6) is -1.02. The van der Waals surface area contributed by atoms with Crippen LogP contribution in [0.5, 0.6) is 0 Å². The van der Waals surface area contributed by atoms with Crippen LogP contribution in [0.1, 0.15) is 10.5 Å². The molecule has 0 aliphatic rings. The molecule has 0 aliphatic carbocycles. The molecule has 0 saturated carbocycles. The van der Waals surface area contributed by atoms with E-state index in [1.807, 2.05) is 12.1 Å². The van der Waals surface area contributed by atoms with Crippen LogP contribution in [-0.2, 0) is 7.05 Å². The van der Waals surface area contributed by atoms with Crippen molar-refractivity contribution in [1.29, 1.82) is 0 Å². The first-order valence-corrected chi connectivity index (χ1v) is 8.11. The minimum absolute atomic E-state index is 0.0912. The Bertz CT molecular complexity index is 1240. The monoisotopic (exact) mass is 370 g/mol. The van der Waals surface area contributed by atoms with Gasteiger partial charge in [-0.1, -0.05) is 23.7 Å². The number of halogens is 2. The summed E-state index contributed by atoms with van der Waals surface area (Å²) in [4.78, 5) is 24.9. The number of carbonyl (C=O) groups is 1. The Kier molecular flexibility index (Phi) is 3.77. The molecule has 2 heterocycles. The van der Waals surface area contributed by atoms with Crippen LogP contribution in [0.3, 0.4) is 0 Å². The highest BCUT2D eigenvalue weighted by Crippen LogP contribution is 2.26. The zero-order chi connectivity index (χ0) is 18.4. The molecule has 4 aromatic rings. The van der Waals surface area contributed by atoms with E-state index < -0.39 is 17.3 Å². The second kappa shape index (κ2) is 6.00. The van der Waals surface area contributed by atoms with E-state index >= 15 is 0 Å². The normalized spacial score (nSPS) is 11.2. The number of aryl methyl sites for hydroxylation is 1. The van der Waals surface area contributed by atoms with Gasteiger partial charge in [-0.25, -0.2) is 9.18 Å². The van der Waals surface area contributed by atoms with Crippen molar-refractivity contribution in [1.82, 2.24) is 4.57 Å². The van der Waals surface area contributed by atoms with Crippen LogP contribution in [0.2, 0.25) is 5.02 Å². The fourth-order valence-corrected chi connectivity index (χ4v) is 3.16. The van der Waals surface area contributed by atoms with Gasteiger partial charge < -0.3 is 14.3 Å². The molecule has 2 aromatic heterocycles. The lowest BCUT2D eigenvalue weighted by Gasteiger charge is -2.08. The van der Waals surface area contributed by atoms with E-state index in [0.717, 1.165) is 5.39 Å². The summed E-state index contributed by atoms with van der Waals surface area (Å²) in [7, 11) is 1.70. The van der Waals surface area contributed by atoms with E-state index in [-0.39, 0.29) is 10.7 Å². The summed E-state index contributed by atoms with van der Waals surface area (Å²) < 4.78 is 20.2. The van der Waals surface area contributed by atoms with Gasteiger partial charge in [-0.2, -0.15) is 0 Å². The average Bonchev–Trinajstić information content (AvgIpc) is 2.97. The first kappa shape index (κ1) is 16.4. The molecule has 0 aliphatic heterocycles. The Morgan fingerprint density at radius 3 is 2.69 bits per heavy atom. The first-order chi connectivity index (χ1) is 12.5. The molecule has 0 saturated heterocycles. The van der Waals surface area contributed by atoms with E-state index in [2.05, 4.69) is 5.32 Å². The van der Waals surface area contributed by atoms with Gasteiger partial charge in [-0.15, -0.1) is 0 Å². The maximum absolute atomic E-state index is 13.3. The van der Waals surface area contributed by atoms with Crippen LogP contribution in [0.4, 0.5) is 10.1 Å². The van der Waals surface area contributed by atoms with Crippen molar-refractivity contribution in [3.8, 4) is 0 Å². The Morgan fingerprint density at radius 2 is 1.92 bits per heavy atom. The van der Waals surface area contributed by atoms with Crippen molar-refractivity contribution < 1.29 is 13.6 Å².